The van der Waals surface area contributed by atoms with Gasteiger partial charge in [0.05, 0.1) is 10.2 Å². The Kier molecular flexibility index (Phi) is 8.46. The van der Waals surface area contributed by atoms with Gasteiger partial charge in [-0.15, -0.1) is 0 Å². The first-order valence-electron chi connectivity index (χ1n) is 10.7. The SMILES string of the molecule is CCN(CC)CCN(C(=O)COc1ccc(C(C)C)cc1)c1nc2ccc(Br)cc2s1. The number of carbonyl (C=O) groups is 1. The fraction of sp³-hybridized carbons (Fsp3) is 0.417. The van der Waals surface area contributed by atoms with Crippen molar-refractivity contribution in [3.8, 4) is 5.75 Å². The Balaban J connectivity index is 1.76. The summed E-state index contributed by atoms with van der Waals surface area (Å²) in [5.74, 6) is 1.08. The first-order valence-corrected chi connectivity index (χ1v) is 12.3. The number of hydrogen-bond donors (Lipinski definition) is 0. The van der Waals surface area contributed by atoms with Gasteiger partial charge in [0.15, 0.2) is 11.7 Å². The topological polar surface area (TPSA) is 45.7 Å². The summed E-state index contributed by atoms with van der Waals surface area (Å²) in [6.07, 6.45) is 0. The lowest BCUT2D eigenvalue weighted by Gasteiger charge is -2.24. The monoisotopic (exact) mass is 503 g/mol. The van der Waals surface area contributed by atoms with Gasteiger partial charge in [-0.1, -0.05) is 67.1 Å². The molecule has 0 fully saturated rings. The zero-order valence-electron chi connectivity index (χ0n) is 18.6. The summed E-state index contributed by atoms with van der Waals surface area (Å²) in [4.78, 5) is 21.9. The van der Waals surface area contributed by atoms with E-state index in [4.69, 9.17) is 9.72 Å². The van der Waals surface area contributed by atoms with Crippen LogP contribution in [-0.2, 0) is 4.79 Å². The quantitative estimate of drug-likeness (QED) is 0.343. The number of nitrogens with zero attached hydrogens (tertiary/aromatic N) is 3. The molecule has 0 unspecified atom stereocenters. The van der Waals surface area contributed by atoms with Gasteiger partial charge in [-0.25, -0.2) is 4.98 Å². The molecule has 31 heavy (non-hydrogen) atoms. The number of amides is 1. The number of hydrogen-bond acceptors (Lipinski definition) is 5. The van der Waals surface area contributed by atoms with Gasteiger partial charge in [-0.05, 0) is 54.9 Å². The van der Waals surface area contributed by atoms with Crippen molar-refractivity contribution in [1.29, 1.82) is 0 Å². The molecule has 0 N–H and O–H groups in total. The van der Waals surface area contributed by atoms with Crippen molar-refractivity contribution in [2.75, 3.05) is 37.7 Å². The summed E-state index contributed by atoms with van der Waals surface area (Å²) in [7, 11) is 0. The second kappa shape index (κ2) is 11.1. The molecule has 166 valence electrons. The molecule has 0 bridgehead atoms. The van der Waals surface area contributed by atoms with Gasteiger partial charge in [0.2, 0.25) is 0 Å². The third-order valence-corrected chi connectivity index (χ3v) is 6.85. The Morgan fingerprint density at radius 3 is 2.45 bits per heavy atom. The largest absolute Gasteiger partial charge is 0.484 e. The lowest BCUT2D eigenvalue weighted by molar-refractivity contribution is -0.120. The van der Waals surface area contributed by atoms with Gasteiger partial charge >= 0.3 is 0 Å². The van der Waals surface area contributed by atoms with Crippen LogP contribution in [0.4, 0.5) is 5.13 Å². The van der Waals surface area contributed by atoms with E-state index in [1.165, 1.54) is 16.9 Å². The van der Waals surface area contributed by atoms with E-state index in [1.807, 2.05) is 42.5 Å². The van der Waals surface area contributed by atoms with Crippen molar-refractivity contribution in [2.45, 2.75) is 33.6 Å². The predicted octanol–water partition coefficient (Wildman–Crippen LogP) is 5.94. The number of aromatic nitrogens is 1. The molecule has 3 rings (SSSR count). The van der Waals surface area contributed by atoms with Crippen LogP contribution < -0.4 is 9.64 Å². The summed E-state index contributed by atoms with van der Waals surface area (Å²) in [5.41, 5.74) is 2.15. The minimum Gasteiger partial charge on any atom is -0.484 e. The van der Waals surface area contributed by atoms with Gasteiger partial charge in [0.1, 0.15) is 5.75 Å². The molecule has 0 saturated heterocycles. The number of anilines is 1. The highest BCUT2D eigenvalue weighted by atomic mass is 79.9. The van der Waals surface area contributed by atoms with Crippen LogP contribution in [0.2, 0.25) is 0 Å². The molecule has 0 spiro atoms. The van der Waals surface area contributed by atoms with E-state index in [-0.39, 0.29) is 12.5 Å². The number of rotatable bonds is 10. The normalized spacial score (nSPS) is 11.5. The number of ether oxygens (including phenoxy) is 1. The van der Waals surface area contributed by atoms with E-state index < -0.39 is 0 Å². The molecule has 0 aliphatic carbocycles. The summed E-state index contributed by atoms with van der Waals surface area (Å²) >= 11 is 5.04. The lowest BCUT2D eigenvalue weighted by atomic mass is 10.0. The van der Waals surface area contributed by atoms with Crippen LogP contribution >= 0.6 is 27.3 Å². The molecule has 1 aromatic heterocycles. The highest BCUT2D eigenvalue weighted by molar-refractivity contribution is 9.10. The standard InChI is InChI=1S/C24H30BrN3O2S/c1-5-27(6-2)13-14-28(24-26-21-12-9-19(25)15-22(21)31-24)23(29)16-30-20-10-7-18(8-11-20)17(3)4/h7-12,15,17H,5-6,13-14,16H2,1-4H3. The third kappa shape index (κ3) is 6.28. The second-order valence-electron chi connectivity index (χ2n) is 7.69. The molecule has 0 saturated carbocycles. The van der Waals surface area contributed by atoms with E-state index in [1.54, 1.807) is 4.90 Å². The maximum Gasteiger partial charge on any atom is 0.266 e. The molecule has 1 heterocycles. The average Bonchev–Trinajstić information content (AvgIpc) is 3.18. The molecule has 0 atom stereocenters. The van der Waals surface area contributed by atoms with Crippen molar-refractivity contribution in [2.24, 2.45) is 0 Å². The zero-order chi connectivity index (χ0) is 22.4. The van der Waals surface area contributed by atoms with Crippen LogP contribution in [0.25, 0.3) is 10.2 Å². The smallest absolute Gasteiger partial charge is 0.266 e. The van der Waals surface area contributed by atoms with Gasteiger partial charge in [-0.3, -0.25) is 9.69 Å². The van der Waals surface area contributed by atoms with Crippen molar-refractivity contribution in [1.82, 2.24) is 9.88 Å². The number of carbonyl (C=O) groups excluding carboxylic acids is 1. The molecule has 7 heteroatoms. The predicted molar refractivity (Wildman–Crippen MR) is 133 cm³/mol. The summed E-state index contributed by atoms with van der Waals surface area (Å²) in [6, 6.07) is 13.9. The Labute approximate surface area is 197 Å². The number of thiazole rings is 1. The van der Waals surface area contributed by atoms with Gasteiger partial charge in [-0.2, -0.15) is 0 Å². The third-order valence-electron chi connectivity index (χ3n) is 5.31. The van der Waals surface area contributed by atoms with E-state index in [0.29, 0.717) is 23.3 Å². The summed E-state index contributed by atoms with van der Waals surface area (Å²) < 4.78 is 7.88. The average molecular weight is 504 g/mol. The molecule has 0 radical (unpaired) electrons. The highest BCUT2D eigenvalue weighted by Gasteiger charge is 2.21. The maximum atomic E-state index is 13.2. The molecule has 0 aliphatic heterocycles. The van der Waals surface area contributed by atoms with Crippen LogP contribution in [0, 0.1) is 0 Å². The van der Waals surface area contributed by atoms with Crippen LogP contribution in [-0.4, -0.2) is 48.6 Å². The Morgan fingerprint density at radius 2 is 1.81 bits per heavy atom. The maximum absolute atomic E-state index is 13.2. The number of benzene rings is 2. The molecular weight excluding hydrogens is 474 g/mol. The highest BCUT2D eigenvalue weighted by Crippen LogP contribution is 2.31. The summed E-state index contributed by atoms with van der Waals surface area (Å²) in [5, 5.41) is 0.712. The number of fused-ring (bicyclic) bond motifs is 1. The van der Waals surface area contributed by atoms with E-state index in [2.05, 4.69) is 48.5 Å². The molecular formula is C24H30BrN3O2S. The van der Waals surface area contributed by atoms with Crippen molar-refractivity contribution in [3.63, 3.8) is 0 Å². The number of likely N-dealkylation sites (N-methyl/N-ethyl adjacent to an activating group) is 1. The lowest BCUT2D eigenvalue weighted by Crippen LogP contribution is -2.41. The van der Waals surface area contributed by atoms with Crippen molar-refractivity contribution in [3.05, 3.63) is 52.5 Å². The first-order chi connectivity index (χ1) is 14.9. The van der Waals surface area contributed by atoms with Crippen molar-refractivity contribution >= 4 is 48.5 Å². The first kappa shape index (κ1) is 23.7. The zero-order valence-corrected chi connectivity index (χ0v) is 21.0. The Morgan fingerprint density at radius 1 is 1.10 bits per heavy atom. The molecule has 0 aliphatic rings. The van der Waals surface area contributed by atoms with E-state index >= 15 is 0 Å². The van der Waals surface area contributed by atoms with E-state index in [0.717, 1.165) is 34.3 Å². The number of halogens is 1. The van der Waals surface area contributed by atoms with Crippen LogP contribution in [0.3, 0.4) is 0 Å². The van der Waals surface area contributed by atoms with Gasteiger partial charge < -0.3 is 9.64 Å². The van der Waals surface area contributed by atoms with Crippen LogP contribution in [0.15, 0.2) is 46.9 Å². The Hall–Kier alpha value is -1.96. The van der Waals surface area contributed by atoms with Crippen molar-refractivity contribution < 1.29 is 9.53 Å². The minimum absolute atomic E-state index is 0.0150. The fourth-order valence-corrected chi connectivity index (χ4v) is 4.84. The second-order valence-corrected chi connectivity index (χ2v) is 9.62. The molecule has 1 amide bonds. The minimum atomic E-state index is -0.0850. The molecule has 2 aromatic carbocycles. The van der Waals surface area contributed by atoms with Crippen LogP contribution in [0.5, 0.6) is 5.75 Å². The summed E-state index contributed by atoms with van der Waals surface area (Å²) in [6.45, 7) is 11.8. The molecule has 5 nitrogen and oxygen atoms in total. The van der Waals surface area contributed by atoms with Gasteiger partial charge in [0, 0.05) is 17.6 Å². The van der Waals surface area contributed by atoms with Gasteiger partial charge in [0.25, 0.3) is 5.91 Å². The van der Waals surface area contributed by atoms with E-state index in [9.17, 15) is 4.79 Å². The Bertz CT molecular complexity index is 1000. The van der Waals surface area contributed by atoms with Crippen LogP contribution in [0.1, 0.15) is 39.2 Å². The molecule has 3 aromatic rings. The fourth-order valence-electron chi connectivity index (χ4n) is 3.28.